The van der Waals surface area contributed by atoms with Gasteiger partial charge in [-0.05, 0) is 30.7 Å². The molecule has 0 N–H and O–H groups in total. The molecule has 17 heavy (non-hydrogen) atoms. The Morgan fingerprint density at radius 1 is 1.35 bits per heavy atom. The summed E-state index contributed by atoms with van der Waals surface area (Å²) < 4.78 is 9.94. The molecule has 0 bridgehead atoms. The Bertz CT molecular complexity index is 561. The molecule has 0 saturated carbocycles. The predicted octanol–water partition coefficient (Wildman–Crippen LogP) is 2.28. The third-order valence-electron chi connectivity index (χ3n) is 2.21. The number of hydrogen-bond acceptors (Lipinski definition) is 5. The van der Waals surface area contributed by atoms with Crippen LogP contribution in [-0.4, -0.2) is 16.1 Å². The highest BCUT2D eigenvalue weighted by Crippen LogP contribution is 2.24. The van der Waals surface area contributed by atoms with Gasteiger partial charge in [0, 0.05) is 19.4 Å². The number of nitrogens with zero attached hydrogens (tertiary/aromatic N) is 2. The van der Waals surface area contributed by atoms with Crippen LogP contribution in [0.15, 0.2) is 22.7 Å². The van der Waals surface area contributed by atoms with E-state index in [1.165, 1.54) is 6.92 Å². The van der Waals surface area contributed by atoms with E-state index in [0.29, 0.717) is 17.5 Å². The number of benzene rings is 1. The number of carbonyl (C=O) groups excluding carboxylic acids is 1. The van der Waals surface area contributed by atoms with Crippen LogP contribution in [-0.2, 0) is 4.79 Å². The highest BCUT2D eigenvalue weighted by atomic mass is 16.5. The number of esters is 1. The van der Waals surface area contributed by atoms with Gasteiger partial charge in [0.1, 0.15) is 5.75 Å². The maximum absolute atomic E-state index is 10.9. The van der Waals surface area contributed by atoms with Crippen molar-refractivity contribution in [2.45, 2.75) is 20.8 Å². The summed E-state index contributed by atoms with van der Waals surface area (Å²) in [6, 6.07) is 5.36. The van der Waals surface area contributed by atoms with Crippen LogP contribution in [0.3, 0.4) is 0 Å². The zero-order valence-electron chi connectivity index (χ0n) is 9.85. The van der Waals surface area contributed by atoms with Crippen molar-refractivity contribution in [2.75, 3.05) is 0 Å². The van der Waals surface area contributed by atoms with E-state index in [4.69, 9.17) is 9.26 Å². The average Bonchev–Trinajstić information content (AvgIpc) is 2.67. The molecule has 2 aromatic rings. The highest BCUT2D eigenvalue weighted by molar-refractivity contribution is 5.70. The lowest BCUT2D eigenvalue weighted by molar-refractivity contribution is -0.131. The summed E-state index contributed by atoms with van der Waals surface area (Å²) >= 11 is 0. The van der Waals surface area contributed by atoms with Crippen molar-refractivity contribution in [3.8, 4) is 17.1 Å². The van der Waals surface area contributed by atoms with E-state index in [1.807, 2.05) is 13.0 Å². The van der Waals surface area contributed by atoms with Gasteiger partial charge in [0.25, 0.3) is 0 Å². The van der Waals surface area contributed by atoms with Gasteiger partial charge in [-0.1, -0.05) is 5.16 Å². The zero-order chi connectivity index (χ0) is 12.4. The summed E-state index contributed by atoms with van der Waals surface area (Å²) in [6.07, 6.45) is 0. The Kier molecular flexibility index (Phi) is 2.91. The maximum atomic E-state index is 10.9. The zero-order valence-corrected chi connectivity index (χ0v) is 9.85. The largest absolute Gasteiger partial charge is 0.426 e. The molecule has 5 nitrogen and oxygen atoms in total. The highest BCUT2D eigenvalue weighted by Gasteiger charge is 2.09. The molecule has 88 valence electrons. The summed E-state index contributed by atoms with van der Waals surface area (Å²) in [5.41, 5.74) is 1.68. The summed E-state index contributed by atoms with van der Waals surface area (Å²) in [5, 5.41) is 3.82. The van der Waals surface area contributed by atoms with Gasteiger partial charge in [0.2, 0.25) is 11.7 Å². The lowest BCUT2D eigenvalue weighted by Gasteiger charge is -2.05. The van der Waals surface area contributed by atoms with E-state index in [1.54, 1.807) is 19.1 Å². The molecule has 0 unspecified atom stereocenters. The molecule has 0 atom stereocenters. The number of aromatic nitrogens is 2. The van der Waals surface area contributed by atoms with Crippen molar-refractivity contribution in [3.63, 3.8) is 0 Å². The monoisotopic (exact) mass is 232 g/mol. The predicted molar refractivity (Wildman–Crippen MR) is 60.5 cm³/mol. The first-order valence-corrected chi connectivity index (χ1v) is 5.16. The fourth-order valence-corrected chi connectivity index (χ4v) is 1.47. The second-order valence-electron chi connectivity index (χ2n) is 3.71. The number of hydrogen-bond donors (Lipinski definition) is 0. The van der Waals surface area contributed by atoms with E-state index in [-0.39, 0.29) is 5.97 Å². The average molecular weight is 232 g/mol. The minimum Gasteiger partial charge on any atom is -0.426 e. The fourth-order valence-electron chi connectivity index (χ4n) is 1.47. The number of rotatable bonds is 2. The summed E-state index contributed by atoms with van der Waals surface area (Å²) in [6.45, 7) is 4.96. The molecular weight excluding hydrogens is 220 g/mol. The standard InChI is InChI=1S/C12H12N2O3/c1-7-6-10(12-13-8(2)17-14-12)4-5-11(7)16-9(3)15/h4-6H,1-3H3. The SMILES string of the molecule is CC(=O)Oc1ccc(-c2noc(C)n2)cc1C. The van der Waals surface area contributed by atoms with Crippen molar-refractivity contribution in [1.29, 1.82) is 0 Å². The van der Waals surface area contributed by atoms with Crippen molar-refractivity contribution < 1.29 is 14.1 Å². The van der Waals surface area contributed by atoms with Crippen LogP contribution in [0.5, 0.6) is 5.75 Å². The molecule has 0 saturated heterocycles. The van der Waals surface area contributed by atoms with E-state index >= 15 is 0 Å². The van der Waals surface area contributed by atoms with Gasteiger partial charge in [-0.25, -0.2) is 0 Å². The van der Waals surface area contributed by atoms with Crippen LogP contribution in [0.2, 0.25) is 0 Å². The van der Waals surface area contributed by atoms with Gasteiger partial charge < -0.3 is 9.26 Å². The molecule has 1 aromatic carbocycles. The van der Waals surface area contributed by atoms with Crippen molar-refractivity contribution in [2.24, 2.45) is 0 Å². The van der Waals surface area contributed by atoms with Crippen LogP contribution in [0.4, 0.5) is 0 Å². The van der Waals surface area contributed by atoms with E-state index in [2.05, 4.69) is 10.1 Å². The third-order valence-corrected chi connectivity index (χ3v) is 2.21. The first-order chi connectivity index (χ1) is 8.06. The van der Waals surface area contributed by atoms with Crippen LogP contribution in [0.25, 0.3) is 11.4 Å². The van der Waals surface area contributed by atoms with Crippen LogP contribution < -0.4 is 4.74 Å². The summed E-state index contributed by atoms with van der Waals surface area (Å²) in [4.78, 5) is 15.0. The first-order valence-electron chi connectivity index (χ1n) is 5.16. The van der Waals surface area contributed by atoms with E-state index in [0.717, 1.165) is 11.1 Å². The van der Waals surface area contributed by atoms with Crippen LogP contribution in [0, 0.1) is 13.8 Å². The van der Waals surface area contributed by atoms with Crippen molar-refractivity contribution in [1.82, 2.24) is 10.1 Å². The number of ether oxygens (including phenoxy) is 1. The minimum absolute atomic E-state index is 0.337. The lowest BCUT2D eigenvalue weighted by atomic mass is 10.1. The van der Waals surface area contributed by atoms with Gasteiger partial charge in [0.15, 0.2) is 0 Å². The molecule has 0 spiro atoms. The Morgan fingerprint density at radius 3 is 2.65 bits per heavy atom. The molecular formula is C12H12N2O3. The van der Waals surface area contributed by atoms with Gasteiger partial charge in [-0.15, -0.1) is 0 Å². The second kappa shape index (κ2) is 4.37. The molecule has 0 aliphatic carbocycles. The van der Waals surface area contributed by atoms with Crippen molar-refractivity contribution in [3.05, 3.63) is 29.7 Å². The molecule has 0 aliphatic heterocycles. The minimum atomic E-state index is -0.337. The molecule has 1 aromatic heterocycles. The topological polar surface area (TPSA) is 65.2 Å². The smallest absolute Gasteiger partial charge is 0.308 e. The first kappa shape index (κ1) is 11.3. The van der Waals surface area contributed by atoms with Gasteiger partial charge in [-0.2, -0.15) is 4.98 Å². The Balaban J connectivity index is 2.33. The molecule has 0 aliphatic rings. The molecule has 5 heteroatoms. The quantitative estimate of drug-likeness (QED) is 0.587. The van der Waals surface area contributed by atoms with E-state index in [9.17, 15) is 4.79 Å². The third kappa shape index (κ3) is 2.50. The molecule has 0 radical (unpaired) electrons. The second-order valence-corrected chi connectivity index (χ2v) is 3.71. The van der Waals surface area contributed by atoms with Gasteiger partial charge in [-0.3, -0.25) is 4.79 Å². The molecule has 0 amide bonds. The molecule has 0 fully saturated rings. The Labute approximate surface area is 98.4 Å². The van der Waals surface area contributed by atoms with Crippen LogP contribution in [0.1, 0.15) is 18.4 Å². The van der Waals surface area contributed by atoms with Crippen molar-refractivity contribution >= 4 is 5.97 Å². The summed E-state index contributed by atoms with van der Waals surface area (Å²) in [7, 11) is 0. The molecule has 2 rings (SSSR count). The Morgan fingerprint density at radius 2 is 2.12 bits per heavy atom. The normalized spacial score (nSPS) is 10.3. The maximum Gasteiger partial charge on any atom is 0.308 e. The van der Waals surface area contributed by atoms with Crippen LogP contribution >= 0.6 is 0 Å². The summed E-state index contributed by atoms with van der Waals surface area (Å²) in [5.74, 6) is 1.25. The van der Waals surface area contributed by atoms with Gasteiger partial charge >= 0.3 is 5.97 Å². The Hall–Kier alpha value is -2.17. The van der Waals surface area contributed by atoms with E-state index < -0.39 is 0 Å². The number of aryl methyl sites for hydroxylation is 2. The lowest BCUT2D eigenvalue weighted by Crippen LogP contribution is -2.02. The van der Waals surface area contributed by atoms with Gasteiger partial charge in [0.05, 0.1) is 0 Å². The number of carbonyl (C=O) groups is 1. The fraction of sp³-hybridized carbons (Fsp3) is 0.250. The molecule has 1 heterocycles.